The number of aromatic hydroxyl groups is 1. The lowest BCUT2D eigenvalue weighted by molar-refractivity contribution is -0.137. The lowest BCUT2D eigenvalue weighted by atomic mass is 10.0. The molecule has 0 saturated carbocycles. The summed E-state index contributed by atoms with van der Waals surface area (Å²) >= 11 is 0. The van der Waals surface area contributed by atoms with Crippen molar-refractivity contribution in [3.63, 3.8) is 0 Å². The van der Waals surface area contributed by atoms with Crippen LogP contribution in [-0.2, 0) is 12.6 Å². The Labute approximate surface area is 91.9 Å². The lowest BCUT2D eigenvalue weighted by Gasteiger charge is -2.09. The summed E-state index contributed by atoms with van der Waals surface area (Å²) in [7, 11) is 0. The van der Waals surface area contributed by atoms with Crippen LogP contribution >= 0.6 is 0 Å². The Morgan fingerprint density at radius 3 is 2.38 bits per heavy atom. The Morgan fingerprint density at radius 1 is 1.19 bits per heavy atom. The van der Waals surface area contributed by atoms with Gasteiger partial charge in [0.05, 0.1) is 5.56 Å². The summed E-state index contributed by atoms with van der Waals surface area (Å²) in [6.45, 7) is 0.543. The van der Waals surface area contributed by atoms with E-state index in [4.69, 9.17) is 5.73 Å². The molecule has 0 saturated heterocycles. The third-order valence-corrected chi connectivity index (χ3v) is 2.31. The third kappa shape index (κ3) is 3.41. The number of phenolic OH excluding ortho intramolecular Hbond substituents is 1. The molecule has 0 amide bonds. The maximum atomic E-state index is 12.3. The average molecular weight is 233 g/mol. The van der Waals surface area contributed by atoms with Crippen LogP contribution in [0.1, 0.15) is 24.0 Å². The zero-order valence-electron chi connectivity index (χ0n) is 8.72. The summed E-state index contributed by atoms with van der Waals surface area (Å²) in [6.07, 6.45) is -2.32. The number of hydrogen-bond donors (Lipinski definition) is 2. The fraction of sp³-hybridized carbons (Fsp3) is 0.455. The number of alkyl halides is 3. The first-order valence-corrected chi connectivity index (χ1v) is 5.04. The Kier molecular flexibility index (Phi) is 4.18. The van der Waals surface area contributed by atoms with E-state index in [2.05, 4.69) is 0 Å². The van der Waals surface area contributed by atoms with Crippen molar-refractivity contribution < 1.29 is 18.3 Å². The monoisotopic (exact) mass is 233 g/mol. The third-order valence-electron chi connectivity index (χ3n) is 2.31. The molecule has 0 radical (unpaired) electrons. The van der Waals surface area contributed by atoms with E-state index in [1.54, 1.807) is 0 Å². The van der Waals surface area contributed by atoms with Gasteiger partial charge in [-0.15, -0.1) is 0 Å². The van der Waals surface area contributed by atoms with E-state index in [9.17, 15) is 18.3 Å². The van der Waals surface area contributed by atoms with Crippen molar-refractivity contribution >= 4 is 0 Å². The van der Waals surface area contributed by atoms with Gasteiger partial charge in [-0.1, -0.05) is 6.07 Å². The zero-order valence-corrected chi connectivity index (χ0v) is 8.72. The van der Waals surface area contributed by atoms with Gasteiger partial charge in [0.1, 0.15) is 5.75 Å². The van der Waals surface area contributed by atoms with Crippen LogP contribution in [0, 0.1) is 0 Å². The largest absolute Gasteiger partial charge is 0.508 e. The number of aryl methyl sites for hydroxylation is 1. The second-order valence-electron chi connectivity index (χ2n) is 3.59. The first-order valence-electron chi connectivity index (χ1n) is 5.04. The van der Waals surface area contributed by atoms with Crippen LogP contribution in [0.2, 0.25) is 0 Å². The molecule has 1 aromatic rings. The molecule has 5 heteroatoms. The van der Waals surface area contributed by atoms with Gasteiger partial charge in [-0.3, -0.25) is 0 Å². The molecule has 1 aromatic carbocycles. The molecule has 2 nitrogen and oxygen atoms in total. The summed E-state index contributed by atoms with van der Waals surface area (Å²) in [4.78, 5) is 0. The Bertz CT molecular complexity index is 350. The number of rotatable bonds is 4. The summed E-state index contributed by atoms with van der Waals surface area (Å²) in [5, 5.41) is 9.42. The highest BCUT2D eigenvalue weighted by molar-refractivity contribution is 5.37. The Balaban J connectivity index is 2.76. The summed E-state index contributed by atoms with van der Waals surface area (Å²) in [5.74, 6) is -0.299. The quantitative estimate of drug-likeness (QED) is 0.785. The van der Waals surface area contributed by atoms with Crippen LogP contribution in [0.15, 0.2) is 18.2 Å². The van der Waals surface area contributed by atoms with Crippen molar-refractivity contribution in [2.45, 2.75) is 25.4 Å². The van der Waals surface area contributed by atoms with Crippen molar-refractivity contribution in [1.29, 1.82) is 0 Å². The van der Waals surface area contributed by atoms with E-state index in [-0.39, 0.29) is 5.75 Å². The first-order chi connectivity index (χ1) is 7.45. The standard InChI is InChI=1S/C11H14F3NO/c12-11(13,14)9-5-4-8(10(16)7-9)3-1-2-6-15/h4-5,7,16H,1-3,6,15H2. The minimum atomic E-state index is -4.41. The second-order valence-corrected chi connectivity index (χ2v) is 3.59. The predicted octanol–water partition coefficient (Wildman–Crippen LogP) is 2.69. The fourth-order valence-electron chi connectivity index (χ4n) is 1.41. The molecule has 0 aliphatic rings. The van der Waals surface area contributed by atoms with Crippen molar-refractivity contribution in [3.8, 4) is 5.75 Å². The average Bonchev–Trinajstić information content (AvgIpc) is 2.19. The second kappa shape index (κ2) is 5.21. The van der Waals surface area contributed by atoms with E-state index in [1.165, 1.54) is 6.07 Å². The molecule has 90 valence electrons. The van der Waals surface area contributed by atoms with Crippen LogP contribution in [0.3, 0.4) is 0 Å². The van der Waals surface area contributed by atoms with Gasteiger partial charge in [-0.2, -0.15) is 13.2 Å². The smallest absolute Gasteiger partial charge is 0.416 e. The summed E-state index contributed by atoms with van der Waals surface area (Å²) < 4.78 is 36.8. The molecule has 0 bridgehead atoms. The van der Waals surface area contributed by atoms with E-state index in [1.807, 2.05) is 0 Å². The lowest BCUT2D eigenvalue weighted by Crippen LogP contribution is -2.05. The topological polar surface area (TPSA) is 46.2 Å². The number of benzene rings is 1. The molecule has 0 fully saturated rings. The van der Waals surface area contributed by atoms with Gasteiger partial charge < -0.3 is 10.8 Å². The van der Waals surface area contributed by atoms with Crippen molar-refractivity contribution in [2.24, 2.45) is 5.73 Å². The number of nitrogens with two attached hydrogens (primary N) is 1. The van der Waals surface area contributed by atoms with Crippen molar-refractivity contribution in [3.05, 3.63) is 29.3 Å². The van der Waals surface area contributed by atoms with Crippen LogP contribution < -0.4 is 5.73 Å². The molecule has 0 aromatic heterocycles. The van der Waals surface area contributed by atoms with Gasteiger partial charge in [0.15, 0.2) is 0 Å². The number of halogens is 3. The van der Waals surface area contributed by atoms with Gasteiger partial charge in [-0.05, 0) is 43.5 Å². The van der Waals surface area contributed by atoms with Crippen LogP contribution in [0.4, 0.5) is 13.2 Å². The molecule has 16 heavy (non-hydrogen) atoms. The van der Waals surface area contributed by atoms with Crippen LogP contribution in [-0.4, -0.2) is 11.7 Å². The van der Waals surface area contributed by atoms with E-state index in [0.717, 1.165) is 25.0 Å². The van der Waals surface area contributed by atoms with Gasteiger partial charge in [0.2, 0.25) is 0 Å². The highest BCUT2D eigenvalue weighted by Crippen LogP contribution is 2.32. The normalized spacial score (nSPS) is 11.8. The zero-order chi connectivity index (χ0) is 12.2. The van der Waals surface area contributed by atoms with E-state index in [0.29, 0.717) is 18.5 Å². The molecule has 3 N–H and O–H groups in total. The minimum Gasteiger partial charge on any atom is -0.508 e. The summed E-state index contributed by atoms with van der Waals surface area (Å²) in [6, 6.07) is 3.06. The Hall–Kier alpha value is -1.23. The van der Waals surface area contributed by atoms with Crippen LogP contribution in [0.5, 0.6) is 5.75 Å². The molecule has 1 rings (SSSR count). The van der Waals surface area contributed by atoms with Crippen LogP contribution in [0.25, 0.3) is 0 Å². The van der Waals surface area contributed by atoms with E-state index >= 15 is 0 Å². The maximum Gasteiger partial charge on any atom is 0.416 e. The van der Waals surface area contributed by atoms with E-state index < -0.39 is 11.7 Å². The van der Waals surface area contributed by atoms with Gasteiger partial charge in [-0.25, -0.2) is 0 Å². The first kappa shape index (κ1) is 12.8. The number of unbranched alkanes of at least 4 members (excludes halogenated alkanes) is 1. The number of hydrogen-bond acceptors (Lipinski definition) is 2. The molecule has 0 spiro atoms. The molecule has 0 atom stereocenters. The van der Waals surface area contributed by atoms with Gasteiger partial charge in [0.25, 0.3) is 0 Å². The molecular weight excluding hydrogens is 219 g/mol. The Morgan fingerprint density at radius 2 is 1.88 bits per heavy atom. The maximum absolute atomic E-state index is 12.3. The molecule has 0 aliphatic carbocycles. The SMILES string of the molecule is NCCCCc1ccc(C(F)(F)F)cc1O. The number of phenols is 1. The fourth-order valence-corrected chi connectivity index (χ4v) is 1.41. The van der Waals surface area contributed by atoms with Crippen molar-refractivity contribution in [2.75, 3.05) is 6.54 Å². The predicted molar refractivity (Wildman–Crippen MR) is 55.1 cm³/mol. The molecule has 0 unspecified atom stereocenters. The van der Waals surface area contributed by atoms with Gasteiger partial charge >= 0.3 is 6.18 Å². The molecular formula is C11H14F3NO. The highest BCUT2D eigenvalue weighted by Gasteiger charge is 2.30. The van der Waals surface area contributed by atoms with Crippen molar-refractivity contribution in [1.82, 2.24) is 0 Å². The highest BCUT2D eigenvalue weighted by atomic mass is 19.4. The summed E-state index contributed by atoms with van der Waals surface area (Å²) in [5.41, 5.74) is 5.00. The molecule has 0 heterocycles. The minimum absolute atomic E-state index is 0.299. The molecule has 0 aliphatic heterocycles. The van der Waals surface area contributed by atoms with Gasteiger partial charge in [0, 0.05) is 0 Å².